The summed E-state index contributed by atoms with van der Waals surface area (Å²) >= 11 is 0. The second kappa shape index (κ2) is 9.05. The van der Waals surface area contributed by atoms with Gasteiger partial charge in [0.05, 0.1) is 29.7 Å². The van der Waals surface area contributed by atoms with Crippen LogP contribution < -0.4 is 14.8 Å². The number of nitrogens with zero attached hydrogens (tertiary/aromatic N) is 4. The number of halogens is 1. The molecule has 4 heterocycles. The van der Waals surface area contributed by atoms with Crippen LogP contribution in [0.15, 0.2) is 91.1 Å². The lowest BCUT2D eigenvalue weighted by Crippen LogP contribution is -2.38. The smallest absolute Gasteiger partial charge is 0.322 e. The summed E-state index contributed by atoms with van der Waals surface area (Å²) in [7, 11) is 0. The van der Waals surface area contributed by atoms with Crippen LogP contribution in [0.2, 0.25) is 0 Å². The highest BCUT2D eigenvalue weighted by atomic mass is 19.1. The zero-order valence-corrected chi connectivity index (χ0v) is 21.0. The minimum atomic E-state index is -0.495. The molecule has 0 fully saturated rings. The Morgan fingerprint density at radius 2 is 1.77 bits per heavy atom. The van der Waals surface area contributed by atoms with Crippen LogP contribution in [-0.4, -0.2) is 32.1 Å². The first-order chi connectivity index (χ1) is 19.1. The lowest BCUT2D eigenvalue weighted by Gasteiger charge is -2.31. The number of rotatable bonds is 3. The first kappa shape index (κ1) is 23.1. The van der Waals surface area contributed by atoms with E-state index < -0.39 is 6.04 Å². The molecule has 8 nitrogen and oxygen atoms in total. The number of fused-ring (bicyclic) bond motifs is 4. The first-order valence-electron chi connectivity index (χ1n) is 12.6. The Balaban J connectivity index is 1.37. The van der Waals surface area contributed by atoms with E-state index in [4.69, 9.17) is 14.6 Å². The molecular formula is C30H24FN5O3. The molecule has 0 radical (unpaired) electrons. The van der Waals surface area contributed by atoms with E-state index in [-0.39, 0.29) is 25.2 Å². The predicted octanol–water partition coefficient (Wildman–Crippen LogP) is 5.98. The van der Waals surface area contributed by atoms with Crippen LogP contribution in [-0.2, 0) is 6.54 Å². The molecule has 0 bridgehead atoms. The molecule has 9 heteroatoms. The van der Waals surface area contributed by atoms with Crippen molar-refractivity contribution in [3.63, 3.8) is 0 Å². The van der Waals surface area contributed by atoms with Gasteiger partial charge in [-0.15, -0.1) is 0 Å². The van der Waals surface area contributed by atoms with Crippen molar-refractivity contribution >= 4 is 11.7 Å². The third-order valence-corrected chi connectivity index (χ3v) is 7.16. The van der Waals surface area contributed by atoms with Gasteiger partial charge < -0.3 is 24.3 Å². The molecule has 0 aliphatic carbocycles. The minimum absolute atomic E-state index is 0.149. The van der Waals surface area contributed by atoms with Crippen LogP contribution in [0.4, 0.5) is 14.9 Å². The molecule has 2 aliphatic rings. The Morgan fingerprint density at radius 1 is 0.974 bits per heavy atom. The van der Waals surface area contributed by atoms with Gasteiger partial charge >= 0.3 is 6.03 Å². The molecule has 0 spiro atoms. The van der Waals surface area contributed by atoms with Gasteiger partial charge in [-0.05, 0) is 61.0 Å². The van der Waals surface area contributed by atoms with Gasteiger partial charge in [0.25, 0.3) is 0 Å². The van der Waals surface area contributed by atoms with E-state index in [1.165, 1.54) is 12.1 Å². The van der Waals surface area contributed by atoms with Crippen LogP contribution in [0.1, 0.15) is 28.6 Å². The summed E-state index contributed by atoms with van der Waals surface area (Å²) in [4.78, 5) is 15.8. The molecule has 2 aromatic heterocycles. The van der Waals surface area contributed by atoms with Crippen molar-refractivity contribution in [2.45, 2.75) is 19.5 Å². The molecule has 0 unspecified atom stereocenters. The zero-order chi connectivity index (χ0) is 26.5. The SMILES string of the molecule is Cc1nn(-c2ccccc2)c2c1CN(C(=O)Nc1ccc3c(c1)OCO3)[C@H](c1ccc(F)cc1)c1cccn1-2. The molecule has 1 N–H and O–H groups in total. The number of hydrogen-bond donors (Lipinski definition) is 1. The number of urea groups is 1. The fraction of sp³-hybridized carbons (Fsp3) is 0.133. The van der Waals surface area contributed by atoms with Gasteiger partial charge in [-0.2, -0.15) is 5.10 Å². The van der Waals surface area contributed by atoms with E-state index in [9.17, 15) is 9.18 Å². The molecular weight excluding hydrogens is 497 g/mol. The Hall–Kier alpha value is -5.05. The van der Waals surface area contributed by atoms with Crippen molar-refractivity contribution in [1.29, 1.82) is 0 Å². The molecule has 1 atom stereocenters. The lowest BCUT2D eigenvalue weighted by atomic mass is 10.0. The topological polar surface area (TPSA) is 73.6 Å². The van der Waals surface area contributed by atoms with E-state index in [1.54, 1.807) is 35.2 Å². The van der Waals surface area contributed by atoms with Gasteiger partial charge in [0.2, 0.25) is 6.79 Å². The Kier molecular flexibility index (Phi) is 5.36. The average Bonchev–Trinajstić information content (AvgIpc) is 3.67. The molecule has 7 rings (SSSR count). The summed E-state index contributed by atoms with van der Waals surface area (Å²) in [5.41, 5.74) is 4.88. The average molecular weight is 522 g/mol. The number of para-hydroxylation sites is 1. The highest BCUT2D eigenvalue weighted by Crippen LogP contribution is 2.39. The molecule has 194 valence electrons. The fourth-order valence-electron chi connectivity index (χ4n) is 5.31. The van der Waals surface area contributed by atoms with E-state index in [1.807, 2.05) is 60.3 Å². The van der Waals surface area contributed by atoms with Gasteiger partial charge in [-0.3, -0.25) is 0 Å². The van der Waals surface area contributed by atoms with Crippen molar-refractivity contribution in [1.82, 2.24) is 19.2 Å². The first-order valence-corrected chi connectivity index (χ1v) is 12.6. The summed E-state index contributed by atoms with van der Waals surface area (Å²) < 4.78 is 28.8. The third kappa shape index (κ3) is 3.90. The predicted molar refractivity (Wildman–Crippen MR) is 143 cm³/mol. The van der Waals surface area contributed by atoms with Gasteiger partial charge in [-0.25, -0.2) is 13.9 Å². The monoisotopic (exact) mass is 521 g/mol. The second-order valence-electron chi connectivity index (χ2n) is 9.52. The van der Waals surface area contributed by atoms with Gasteiger partial charge in [0, 0.05) is 23.5 Å². The molecule has 0 saturated carbocycles. The molecule has 2 aliphatic heterocycles. The van der Waals surface area contributed by atoms with Crippen molar-refractivity contribution in [3.05, 3.63) is 119 Å². The number of carbonyl (C=O) groups excluding carboxylic acids is 1. The van der Waals surface area contributed by atoms with Crippen LogP contribution in [0, 0.1) is 12.7 Å². The number of anilines is 1. The van der Waals surface area contributed by atoms with E-state index >= 15 is 0 Å². The van der Waals surface area contributed by atoms with Crippen LogP contribution in [0.5, 0.6) is 11.5 Å². The van der Waals surface area contributed by atoms with E-state index in [0.717, 1.165) is 34.0 Å². The van der Waals surface area contributed by atoms with Crippen molar-refractivity contribution in [3.8, 4) is 23.0 Å². The Labute approximate surface area is 223 Å². The number of carbonyl (C=O) groups is 1. The lowest BCUT2D eigenvalue weighted by molar-refractivity contribution is 0.174. The fourth-order valence-corrected chi connectivity index (χ4v) is 5.31. The largest absolute Gasteiger partial charge is 0.454 e. The van der Waals surface area contributed by atoms with E-state index in [2.05, 4.69) is 9.88 Å². The standard InChI is InChI=1S/C30H24FN5O3/c1-19-24-17-35(30(37)32-22-13-14-26-27(16-22)39-18-38-26)28(20-9-11-21(31)12-10-20)25-8-5-15-34(25)29(24)36(33-19)23-6-3-2-4-7-23/h2-16,28H,17-18H2,1H3,(H,32,37)/t28-/m1/s1. The Bertz CT molecular complexity index is 1690. The van der Waals surface area contributed by atoms with Crippen LogP contribution >= 0.6 is 0 Å². The maximum Gasteiger partial charge on any atom is 0.322 e. The molecule has 39 heavy (non-hydrogen) atoms. The normalized spacial score (nSPS) is 15.4. The maximum absolute atomic E-state index is 14.0. The summed E-state index contributed by atoms with van der Waals surface area (Å²) in [5.74, 6) is 1.75. The van der Waals surface area contributed by atoms with Crippen LogP contribution in [0.25, 0.3) is 11.5 Å². The number of ether oxygens (including phenoxy) is 2. The van der Waals surface area contributed by atoms with Gasteiger partial charge in [0.15, 0.2) is 11.5 Å². The van der Waals surface area contributed by atoms with Crippen molar-refractivity contribution < 1.29 is 18.7 Å². The number of hydrogen-bond acceptors (Lipinski definition) is 4. The van der Waals surface area contributed by atoms with Gasteiger partial charge in [0.1, 0.15) is 11.6 Å². The molecule has 5 aromatic rings. The second-order valence-corrected chi connectivity index (χ2v) is 9.52. The number of amides is 2. The Morgan fingerprint density at radius 3 is 2.59 bits per heavy atom. The number of nitrogens with one attached hydrogen (secondary N) is 1. The summed E-state index contributed by atoms with van der Waals surface area (Å²) in [6.07, 6.45) is 1.98. The quantitative estimate of drug-likeness (QED) is 0.317. The maximum atomic E-state index is 14.0. The molecule has 0 saturated heterocycles. The summed E-state index contributed by atoms with van der Waals surface area (Å²) in [6.45, 7) is 2.39. The van der Waals surface area contributed by atoms with Crippen molar-refractivity contribution in [2.24, 2.45) is 0 Å². The number of benzene rings is 3. The summed E-state index contributed by atoms with van der Waals surface area (Å²) in [6, 6.07) is 24.6. The van der Waals surface area contributed by atoms with Crippen LogP contribution in [0.3, 0.4) is 0 Å². The number of aromatic nitrogens is 3. The highest BCUT2D eigenvalue weighted by Gasteiger charge is 2.36. The zero-order valence-electron chi connectivity index (χ0n) is 21.0. The van der Waals surface area contributed by atoms with E-state index in [0.29, 0.717) is 17.2 Å². The molecule has 2 amide bonds. The minimum Gasteiger partial charge on any atom is -0.454 e. The summed E-state index contributed by atoms with van der Waals surface area (Å²) in [5, 5.41) is 7.90. The number of aryl methyl sites for hydroxylation is 1. The van der Waals surface area contributed by atoms with Crippen molar-refractivity contribution in [2.75, 3.05) is 12.1 Å². The molecule has 3 aromatic carbocycles. The third-order valence-electron chi connectivity index (χ3n) is 7.16. The highest BCUT2D eigenvalue weighted by molar-refractivity contribution is 5.90. The van der Waals surface area contributed by atoms with Gasteiger partial charge in [-0.1, -0.05) is 30.3 Å².